The third-order valence-corrected chi connectivity index (χ3v) is 3.19. The fraction of sp³-hybridized carbons (Fsp3) is 0.286. The molecule has 0 aromatic heterocycles. The quantitative estimate of drug-likeness (QED) is 0.793. The molecule has 4 heteroatoms. The van der Waals surface area contributed by atoms with E-state index in [2.05, 4.69) is 32.1 Å². The van der Waals surface area contributed by atoms with Gasteiger partial charge in [0, 0.05) is 5.92 Å². The second kappa shape index (κ2) is 8.19. The van der Waals surface area contributed by atoms with Crippen LogP contribution in [0.4, 0.5) is 0 Å². The first-order valence-corrected chi connectivity index (χ1v) is 9.95. The predicted molar refractivity (Wildman–Crippen MR) is 74.3 cm³/mol. The molecule has 1 aromatic rings. The van der Waals surface area contributed by atoms with Crippen molar-refractivity contribution in [3.63, 3.8) is 0 Å². The zero-order valence-electron chi connectivity index (χ0n) is 10.5. The SMILES string of the molecule is CC1=C(C)C(c2ccccc2CO)C=C1.[Cl][Ti][Cl]. The van der Waals surface area contributed by atoms with Crippen molar-refractivity contribution in [3.8, 4) is 0 Å². The van der Waals surface area contributed by atoms with E-state index in [0.29, 0.717) is 5.92 Å². The van der Waals surface area contributed by atoms with Gasteiger partial charge < -0.3 is 5.11 Å². The average Bonchev–Trinajstić information content (AvgIpc) is 2.71. The van der Waals surface area contributed by atoms with Crippen LogP contribution in [-0.4, -0.2) is 5.11 Å². The number of allylic oxidation sites excluding steroid dienone is 4. The number of halogens is 2. The Balaban J connectivity index is 0.000000492. The van der Waals surface area contributed by atoms with E-state index in [0.717, 1.165) is 5.56 Å². The molecule has 0 saturated heterocycles. The fourth-order valence-corrected chi connectivity index (χ4v) is 2.08. The molecule has 2 rings (SSSR count). The summed E-state index contributed by atoms with van der Waals surface area (Å²) >= 11 is -0.556. The summed E-state index contributed by atoms with van der Waals surface area (Å²) in [7, 11) is 9.78. The number of benzene rings is 1. The molecular formula is C14H16Cl2OTi. The van der Waals surface area contributed by atoms with E-state index in [4.69, 9.17) is 18.6 Å². The summed E-state index contributed by atoms with van der Waals surface area (Å²) in [6, 6.07) is 8.09. The standard InChI is InChI=1S/C14H16O.2ClH.Ti/c1-10-7-8-13(11(10)2)14-6-4-3-5-12(14)9-15;;;/h3-8,13,15H,9H2,1-2H3;2*1H;/q;;;+2/p-2. The van der Waals surface area contributed by atoms with Crippen LogP contribution in [0.5, 0.6) is 0 Å². The Kier molecular flexibility index (Phi) is 7.28. The van der Waals surface area contributed by atoms with Crippen molar-refractivity contribution in [1.82, 2.24) is 0 Å². The monoisotopic (exact) mass is 318 g/mol. The molecule has 0 radical (unpaired) electrons. The van der Waals surface area contributed by atoms with Crippen molar-refractivity contribution < 1.29 is 22.1 Å². The number of aliphatic hydroxyl groups is 1. The van der Waals surface area contributed by atoms with E-state index >= 15 is 0 Å². The third-order valence-electron chi connectivity index (χ3n) is 3.19. The van der Waals surface area contributed by atoms with Crippen molar-refractivity contribution in [2.45, 2.75) is 26.4 Å². The van der Waals surface area contributed by atoms with Crippen molar-refractivity contribution in [3.05, 3.63) is 58.7 Å². The molecule has 1 aliphatic rings. The first-order valence-electron chi connectivity index (χ1n) is 5.66. The molecule has 0 spiro atoms. The fourth-order valence-electron chi connectivity index (χ4n) is 2.08. The molecule has 1 nitrogen and oxygen atoms in total. The molecule has 0 aliphatic heterocycles. The Bertz CT molecular complexity index is 455. The van der Waals surface area contributed by atoms with Crippen LogP contribution in [0.15, 0.2) is 47.6 Å². The molecule has 1 aromatic carbocycles. The van der Waals surface area contributed by atoms with Gasteiger partial charge in [0.15, 0.2) is 0 Å². The summed E-state index contributed by atoms with van der Waals surface area (Å²) in [5, 5.41) is 9.29. The Labute approximate surface area is 125 Å². The van der Waals surface area contributed by atoms with Crippen molar-refractivity contribution >= 4 is 18.6 Å². The summed E-state index contributed by atoms with van der Waals surface area (Å²) in [6.45, 7) is 4.41. The minimum absolute atomic E-state index is 0.118. The Hall–Kier alpha value is -0.0457. The number of aliphatic hydroxyl groups excluding tert-OH is 1. The summed E-state index contributed by atoms with van der Waals surface area (Å²) < 4.78 is 0. The molecule has 0 saturated carbocycles. The van der Waals surface area contributed by atoms with Gasteiger partial charge in [-0.25, -0.2) is 0 Å². The van der Waals surface area contributed by atoms with Crippen LogP contribution in [0.25, 0.3) is 0 Å². The number of rotatable bonds is 2. The van der Waals surface area contributed by atoms with Crippen molar-refractivity contribution in [2.24, 2.45) is 0 Å². The van der Waals surface area contributed by atoms with Crippen LogP contribution in [0.2, 0.25) is 0 Å². The summed E-state index contributed by atoms with van der Waals surface area (Å²) in [5.74, 6) is 0.355. The van der Waals surface area contributed by atoms with Gasteiger partial charge in [-0.3, -0.25) is 0 Å². The van der Waals surface area contributed by atoms with Gasteiger partial charge in [0.1, 0.15) is 0 Å². The second-order valence-electron chi connectivity index (χ2n) is 4.13. The molecule has 96 valence electrons. The van der Waals surface area contributed by atoms with Crippen LogP contribution in [-0.2, 0) is 23.6 Å². The molecule has 18 heavy (non-hydrogen) atoms. The number of hydrogen-bond donors (Lipinski definition) is 1. The van der Waals surface area contributed by atoms with Crippen molar-refractivity contribution in [1.29, 1.82) is 0 Å². The number of hydrogen-bond acceptors (Lipinski definition) is 1. The van der Waals surface area contributed by atoms with E-state index in [1.807, 2.05) is 18.2 Å². The van der Waals surface area contributed by atoms with Gasteiger partial charge in [-0.2, -0.15) is 0 Å². The third kappa shape index (κ3) is 3.98. The molecule has 0 heterocycles. The van der Waals surface area contributed by atoms with Gasteiger partial charge in [0.2, 0.25) is 0 Å². The average molecular weight is 319 g/mol. The van der Waals surface area contributed by atoms with E-state index in [1.54, 1.807) is 0 Å². The van der Waals surface area contributed by atoms with E-state index < -0.39 is 17.0 Å². The van der Waals surface area contributed by atoms with Gasteiger partial charge in [-0.05, 0) is 25.0 Å². The molecule has 0 bridgehead atoms. The molecule has 1 unspecified atom stereocenters. The van der Waals surface area contributed by atoms with Crippen LogP contribution in [0.3, 0.4) is 0 Å². The van der Waals surface area contributed by atoms with E-state index in [9.17, 15) is 5.11 Å². The Morgan fingerprint density at radius 3 is 2.33 bits per heavy atom. The van der Waals surface area contributed by atoms with Gasteiger partial charge in [0.05, 0.1) is 6.61 Å². The first-order chi connectivity index (χ1) is 8.65. The van der Waals surface area contributed by atoms with Crippen molar-refractivity contribution in [2.75, 3.05) is 0 Å². The molecule has 1 N–H and O–H groups in total. The molecule has 0 amide bonds. The van der Waals surface area contributed by atoms with Crippen LogP contribution >= 0.6 is 18.6 Å². The molecule has 1 atom stereocenters. The zero-order chi connectivity index (χ0) is 13.5. The van der Waals surface area contributed by atoms with E-state index in [1.165, 1.54) is 16.7 Å². The maximum absolute atomic E-state index is 9.29. The summed E-state index contributed by atoms with van der Waals surface area (Å²) in [5.41, 5.74) is 4.98. The Morgan fingerprint density at radius 1 is 1.22 bits per heavy atom. The summed E-state index contributed by atoms with van der Waals surface area (Å²) in [4.78, 5) is 0. The van der Waals surface area contributed by atoms with Crippen LogP contribution in [0, 0.1) is 0 Å². The maximum atomic E-state index is 9.29. The van der Waals surface area contributed by atoms with E-state index in [-0.39, 0.29) is 6.61 Å². The minimum atomic E-state index is -0.556. The van der Waals surface area contributed by atoms with Gasteiger partial charge in [0.25, 0.3) is 0 Å². The van der Waals surface area contributed by atoms with Gasteiger partial charge in [-0.1, -0.05) is 47.6 Å². The van der Waals surface area contributed by atoms with Gasteiger partial charge >= 0.3 is 35.6 Å². The topological polar surface area (TPSA) is 20.2 Å². The van der Waals surface area contributed by atoms with Crippen LogP contribution in [0.1, 0.15) is 30.9 Å². The molecular weight excluding hydrogens is 303 g/mol. The second-order valence-corrected chi connectivity index (χ2v) is 6.71. The zero-order valence-corrected chi connectivity index (χ0v) is 13.5. The molecule has 1 aliphatic carbocycles. The molecule has 0 fully saturated rings. The Morgan fingerprint density at radius 2 is 1.83 bits per heavy atom. The first kappa shape index (κ1) is 16.0. The normalized spacial score (nSPS) is 17.5. The van der Waals surface area contributed by atoms with Gasteiger partial charge in [-0.15, -0.1) is 0 Å². The summed E-state index contributed by atoms with van der Waals surface area (Å²) in [6.07, 6.45) is 4.37. The predicted octanol–water partition coefficient (Wildman–Crippen LogP) is 4.55. The van der Waals surface area contributed by atoms with Crippen LogP contribution < -0.4 is 0 Å².